The highest BCUT2D eigenvalue weighted by atomic mass is 19.1. The summed E-state index contributed by atoms with van der Waals surface area (Å²) >= 11 is 0. The lowest BCUT2D eigenvalue weighted by Gasteiger charge is -2.33. The molecule has 1 aliphatic carbocycles. The highest BCUT2D eigenvalue weighted by Crippen LogP contribution is 2.40. The van der Waals surface area contributed by atoms with E-state index in [4.69, 9.17) is 4.52 Å². The largest absolute Gasteiger partial charge is 0.392 e. The Bertz CT molecular complexity index is 729. The summed E-state index contributed by atoms with van der Waals surface area (Å²) < 4.78 is 18.1. The van der Waals surface area contributed by atoms with E-state index in [1.54, 1.807) is 25.1 Å². The van der Waals surface area contributed by atoms with Crippen LogP contribution < -0.4 is 5.32 Å². The van der Waals surface area contributed by atoms with Gasteiger partial charge in [0, 0.05) is 18.0 Å². The number of carbonyl (C=O) groups excluding carboxylic acids is 1. The molecule has 134 valence electrons. The fourth-order valence-electron chi connectivity index (χ4n) is 3.61. The Hall–Kier alpha value is -2.21. The number of hydrogen-bond acceptors (Lipinski definition) is 4. The molecule has 2 unspecified atom stereocenters. The fourth-order valence-corrected chi connectivity index (χ4v) is 3.61. The molecule has 1 fully saturated rings. The van der Waals surface area contributed by atoms with Crippen LogP contribution in [0, 0.1) is 18.2 Å². The topological polar surface area (TPSA) is 75.4 Å². The minimum absolute atomic E-state index is 0.147. The van der Waals surface area contributed by atoms with Crippen molar-refractivity contribution < 1.29 is 18.8 Å². The van der Waals surface area contributed by atoms with Crippen molar-refractivity contribution >= 4 is 5.91 Å². The van der Waals surface area contributed by atoms with Gasteiger partial charge in [0.15, 0.2) is 0 Å². The van der Waals surface area contributed by atoms with Crippen LogP contribution in [0.2, 0.25) is 0 Å². The maximum absolute atomic E-state index is 13.1. The molecular formula is C19H23FN2O3. The Kier molecular flexibility index (Phi) is 5.18. The quantitative estimate of drug-likeness (QED) is 0.843. The molecule has 0 aliphatic heterocycles. The van der Waals surface area contributed by atoms with E-state index < -0.39 is 11.5 Å². The van der Waals surface area contributed by atoms with Crippen LogP contribution in [-0.4, -0.2) is 28.8 Å². The molecule has 2 atom stereocenters. The third kappa shape index (κ3) is 4.25. The summed E-state index contributed by atoms with van der Waals surface area (Å²) in [5.41, 5.74) is 1.14. The second kappa shape index (κ2) is 7.35. The number of rotatable bonds is 6. The van der Waals surface area contributed by atoms with Crippen LogP contribution in [0.15, 0.2) is 34.9 Å². The summed E-state index contributed by atoms with van der Waals surface area (Å²) in [6, 6.07) is 8.06. The molecule has 0 saturated heterocycles. The van der Waals surface area contributed by atoms with Crippen molar-refractivity contribution in [2.75, 3.05) is 6.54 Å². The average Bonchev–Trinajstić information content (AvgIpc) is 3.14. The highest BCUT2D eigenvalue weighted by molar-refractivity contribution is 5.78. The van der Waals surface area contributed by atoms with Gasteiger partial charge in [0.2, 0.25) is 5.91 Å². The molecule has 0 bridgehead atoms. The summed E-state index contributed by atoms with van der Waals surface area (Å²) in [5, 5.41) is 17.3. The molecule has 0 spiro atoms. The Morgan fingerprint density at radius 3 is 2.80 bits per heavy atom. The van der Waals surface area contributed by atoms with E-state index in [0.717, 1.165) is 24.8 Å². The van der Waals surface area contributed by atoms with E-state index in [1.165, 1.54) is 12.1 Å². The van der Waals surface area contributed by atoms with Gasteiger partial charge in [0.25, 0.3) is 0 Å². The van der Waals surface area contributed by atoms with Crippen LogP contribution in [0.1, 0.15) is 36.3 Å². The van der Waals surface area contributed by atoms with E-state index in [2.05, 4.69) is 10.5 Å². The number of hydrogen-bond donors (Lipinski definition) is 2. The smallest absolute Gasteiger partial charge is 0.226 e. The third-order valence-electron chi connectivity index (χ3n) is 4.98. The fraction of sp³-hybridized carbons (Fsp3) is 0.474. The van der Waals surface area contributed by atoms with Crippen LogP contribution in [0.3, 0.4) is 0 Å². The number of benzene rings is 1. The lowest BCUT2D eigenvalue weighted by atomic mass is 9.78. The number of amides is 1. The zero-order valence-electron chi connectivity index (χ0n) is 14.3. The Morgan fingerprint density at radius 2 is 2.20 bits per heavy atom. The number of aromatic nitrogens is 1. The van der Waals surface area contributed by atoms with Crippen molar-refractivity contribution in [3.8, 4) is 0 Å². The SMILES string of the molecule is Cc1cc(CC(=O)NCC2(Cc3ccc(F)cc3)CCCC2O)no1. The zero-order chi connectivity index (χ0) is 17.9. The lowest BCUT2D eigenvalue weighted by Crippen LogP contribution is -2.44. The van der Waals surface area contributed by atoms with Crippen molar-refractivity contribution in [1.82, 2.24) is 10.5 Å². The first kappa shape index (κ1) is 17.6. The van der Waals surface area contributed by atoms with Gasteiger partial charge >= 0.3 is 0 Å². The van der Waals surface area contributed by atoms with Gasteiger partial charge in [-0.3, -0.25) is 4.79 Å². The van der Waals surface area contributed by atoms with E-state index in [9.17, 15) is 14.3 Å². The van der Waals surface area contributed by atoms with Crippen molar-refractivity contribution in [3.05, 3.63) is 53.2 Å². The van der Waals surface area contributed by atoms with Crippen LogP contribution in [0.5, 0.6) is 0 Å². The maximum atomic E-state index is 13.1. The predicted octanol–water partition coefficient (Wildman–Crippen LogP) is 2.55. The molecule has 1 aliphatic rings. The molecule has 5 nitrogen and oxygen atoms in total. The number of aliphatic hydroxyl groups excluding tert-OH is 1. The first-order valence-corrected chi connectivity index (χ1v) is 8.58. The van der Waals surface area contributed by atoms with Crippen molar-refractivity contribution in [2.24, 2.45) is 5.41 Å². The molecule has 2 N–H and O–H groups in total. The predicted molar refractivity (Wildman–Crippen MR) is 90.3 cm³/mol. The molecule has 3 rings (SSSR count). The molecule has 1 saturated carbocycles. The van der Waals surface area contributed by atoms with Gasteiger partial charge < -0.3 is 14.9 Å². The molecule has 1 aromatic heterocycles. The van der Waals surface area contributed by atoms with Gasteiger partial charge in [-0.25, -0.2) is 4.39 Å². The second-order valence-corrected chi connectivity index (χ2v) is 6.96. The standard InChI is InChI=1S/C19H23FN2O3/c1-13-9-16(22-25-13)10-18(24)21-12-19(8-2-3-17(19)23)11-14-4-6-15(20)7-5-14/h4-7,9,17,23H,2-3,8,10-12H2,1H3,(H,21,24). The summed E-state index contributed by atoms with van der Waals surface area (Å²) in [6.07, 6.45) is 2.75. The van der Waals surface area contributed by atoms with Crippen LogP contribution in [0.4, 0.5) is 4.39 Å². The molecular weight excluding hydrogens is 323 g/mol. The van der Waals surface area contributed by atoms with Gasteiger partial charge in [0.1, 0.15) is 11.6 Å². The average molecular weight is 346 g/mol. The van der Waals surface area contributed by atoms with Gasteiger partial charge in [-0.15, -0.1) is 0 Å². The minimum atomic E-state index is -0.479. The zero-order valence-corrected chi connectivity index (χ0v) is 14.3. The number of carbonyl (C=O) groups is 1. The first-order valence-electron chi connectivity index (χ1n) is 8.58. The van der Waals surface area contributed by atoms with Gasteiger partial charge in [-0.2, -0.15) is 0 Å². The summed E-state index contributed by atoms with van der Waals surface area (Å²) in [4.78, 5) is 12.2. The van der Waals surface area contributed by atoms with Gasteiger partial charge in [0.05, 0.1) is 18.2 Å². The molecule has 0 radical (unpaired) electrons. The number of aliphatic hydroxyl groups is 1. The van der Waals surface area contributed by atoms with E-state index in [0.29, 0.717) is 24.4 Å². The lowest BCUT2D eigenvalue weighted by molar-refractivity contribution is -0.121. The number of nitrogens with zero attached hydrogens (tertiary/aromatic N) is 1. The van der Waals surface area contributed by atoms with Crippen LogP contribution in [0.25, 0.3) is 0 Å². The second-order valence-electron chi connectivity index (χ2n) is 6.96. The van der Waals surface area contributed by atoms with E-state index in [1.807, 2.05) is 0 Å². The molecule has 25 heavy (non-hydrogen) atoms. The first-order chi connectivity index (χ1) is 12.0. The van der Waals surface area contributed by atoms with E-state index in [-0.39, 0.29) is 18.1 Å². The van der Waals surface area contributed by atoms with Gasteiger partial charge in [-0.05, 0) is 43.9 Å². The summed E-state index contributed by atoms with van der Waals surface area (Å²) in [6.45, 7) is 2.17. The number of aryl methyl sites for hydroxylation is 1. The maximum Gasteiger partial charge on any atom is 0.226 e. The molecule has 2 aromatic rings. The Labute approximate surface area is 146 Å². The normalized spacial score (nSPS) is 22.9. The third-order valence-corrected chi connectivity index (χ3v) is 4.98. The molecule has 1 amide bonds. The monoisotopic (exact) mass is 346 g/mol. The van der Waals surface area contributed by atoms with Crippen molar-refractivity contribution in [2.45, 2.75) is 45.1 Å². The van der Waals surface area contributed by atoms with Crippen LogP contribution >= 0.6 is 0 Å². The molecule has 1 aromatic carbocycles. The number of halogens is 1. The summed E-state index contributed by atoms with van der Waals surface area (Å²) in [7, 11) is 0. The highest BCUT2D eigenvalue weighted by Gasteiger charge is 2.42. The van der Waals surface area contributed by atoms with E-state index >= 15 is 0 Å². The Balaban J connectivity index is 1.64. The minimum Gasteiger partial charge on any atom is -0.392 e. The Morgan fingerprint density at radius 1 is 1.44 bits per heavy atom. The van der Waals surface area contributed by atoms with Crippen molar-refractivity contribution in [3.63, 3.8) is 0 Å². The molecule has 6 heteroatoms. The number of nitrogens with one attached hydrogen (secondary N) is 1. The van der Waals surface area contributed by atoms with Crippen LogP contribution in [-0.2, 0) is 17.6 Å². The molecule has 1 heterocycles. The van der Waals surface area contributed by atoms with Crippen molar-refractivity contribution in [1.29, 1.82) is 0 Å². The summed E-state index contributed by atoms with van der Waals surface area (Å²) in [5.74, 6) is 0.244. The van der Waals surface area contributed by atoms with Gasteiger partial charge in [-0.1, -0.05) is 23.7 Å².